The molecule has 118 valence electrons. The first-order valence-corrected chi connectivity index (χ1v) is 8.05. The van der Waals surface area contributed by atoms with Crippen LogP contribution in [0.5, 0.6) is 0 Å². The van der Waals surface area contributed by atoms with E-state index < -0.39 is 6.10 Å². The van der Waals surface area contributed by atoms with Gasteiger partial charge < -0.3 is 15.3 Å². The van der Waals surface area contributed by atoms with Crippen LogP contribution < -0.4 is 5.32 Å². The fourth-order valence-electron chi connectivity index (χ4n) is 2.94. The highest BCUT2D eigenvalue weighted by Gasteiger charge is 2.17. The van der Waals surface area contributed by atoms with Crippen LogP contribution in [0.2, 0.25) is 0 Å². The fraction of sp³-hybridized carbons (Fsp3) is 0.647. The highest BCUT2D eigenvalue weighted by Crippen LogP contribution is 2.16. The summed E-state index contributed by atoms with van der Waals surface area (Å²) in [5.41, 5.74) is 0.758. The molecule has 2 unspecified atom stereocenters. The minimum absolute atomic E-state index is 0.269. The summed E-state index contributed by atoms with van der Waals surface area (Å²) in [5.74, 6) is -0.269. The predicted molar refractivity (Wildman–Crippen MR) is 83.7 cm³/mol. The third-order valence-corrected chi connectivity index (χ3v) is 4.33. The topological polar surface area (TPSA) is 35.5 Å². The second-order valence-corrected chi connectivity index (χ2v) is 6.01. The van der Waals surface area contributed by atoms with Crippen LogP contribution in [0.4, 0.5) is 4.39 Å². The van der Waals surface area contributed by atoms with Crippen molar-refractivity contribution in [3.63, 3.8) is 0 Å². The number of nitrogens with zero attached hydrogens (tertiary/aromatic N) is 1. The first-order valence-electron chi connectivity index (χ1n) is 8.05. The van der Waals surface area contributed by atoms with Gasteiger partial charge in [-0.15, -0.1) is 0 Å². The van der Waals surface area contributed by atoms with E-state index in [0.717, 1.165) is 25.1 Å². The minimum Gasteiger partial charge on any atom is -0.387 e. The number of nitrogens with one attached hydrogen (secondary N) is 1. The molecular formula is C17H27FN2O. The van der Waals surface area contributed by atoms with Crippen molar-refractivity contribution in [2.24, 2.45) is 0 Å². The molecule has 0 amide bonds. The zero-order chi connectivity index (χ0) is 15.1. The van der Waals surface area contributed by atoms with Gasteiger partial charge in [-0.2, -0.15) is 0 Å². The number of aliphatic hydroxyl groups is 1. The molecule has 2 atom stereocenters. The van der Waals surface area contributed by atoms with Gasteiger partial charge in [-0.25, -0.2) is 4.39 Å². The number of hydrogen-bond donors (Lipinski definition) is 2. The van der Waals surface area contributed by atoms with Gasteiger partial charge in [-0.05, 0) is 63.5 Å². The van der Waals surface area contributed by atoms with Gasteiger partial charge in [0.2, 0.25) is 0 Å². The summed E-state index contributed by atoms with van der Waals surface area (Å²) in [4.78, 5) is 2.56. The van der Waals surface area contributed by atoms with Crippen LogP contribution >= 0.6 is 0 Å². The molecule has 1 aromatic rings. The van der Waals surface area contributed by atoms with E-state index in [0.29, 0.717) is 12.6 Å². The SMILES string of the molecule is CC1CCCCN1CCCNCC(O)c1ccc(F)cc1. The number of hydrogen-bond acceptors (Lipinski definition) is 3. The molecule has 3 nitrogen and oxygen atoms in total. The Labute approximate surface area is 127 Å². The first-order chi connectivity index (χ1) is 10.2. The molecule has 0 radical (unpaired) electrons. The summed E-state index contributed by atoms with van der Waals surface area (Å²) in [7, 11) is 0. The zero-order valence-corrected chi connectivity index (χ0v) is 12.9. The highest BCUT2D eigenvalue weighted by atomic mass is 19.1. The second kappa shape index (κ2) is 8.47. The molecule has 0 aromatic heterocycles. The largest absolute Gasteiger partial charge is 0.387 e. The summed E-state index contributed by atoms with van der Waals surface area (Å²) >= 11 is 0. The van der Waals surface area contributed by atoms with E-state index in [9.17, 15) is 9.50 Å². The predicted octanol–water partition coefficient (Wildman–Crippen LogP) is 2.71. The lowest BCUT2D eigenvalue weighted by Crippen LogP contribution is -2.39. The van der Waals surface area contributed by atoms with E-state index in [1.54, 1.807) is 12.1 Å². The Hall–Kier alpha value is -0.970. The van der Waals surface area contributed by atoms with Crippen molar-refractivity contribution in [1.82, 2.24) is 10.2 Å². The van der Waals surface area contributed by atoms with Crippen molar-refractivity contribution in [2.45, 2.75) is 44.8 Å². The average molecular weight is 294 g/mol. The van der Waals surface area contributed by atoms with Crippen molar-refractivity contribution >= 4 is 0 Å². The number of aliphatic hydroxyl groups excluding tert-OH is 1. The third-order valence-electron chi connectivity index (χ3n) is 4.33. The van der Waals surface area contributed by atoms with Crippen molar-refractivity contribution in [3.8, 4) is 0 Å². The monoisotopic (exact) mass is 294 g/mol. The van der Waals surface area contributed by atoms with Crippen molar-refractivity contribution in [1.29, 1.82) is 0 Å². The quantitative estimate of drug-likeness (QED) is 0.759. The fourth-order valence-corrected chi connectivity index (χ4v) is 2.94. The molecule has 1 aliphatic rings. The molecule has 2 rings (SSSR count). The van der Waals surface area contributed by atoms with Gasteiger partial charge >= 0.3 is 0 Å². The summed E-state index contributed by atoms with van der Waals surface area (Å²) in [6.07, 6.45) is 4.53. The van der Waals surface area contributed by atoms with E-state index >= 15 is 0 Å². The summed E-state index contributed by atoms with van der Waals surface area (Å²) < 4.78 is 12.8. The lowest BCUT2D eigenvalue weighted by atomic mass is 10.0. The van der Waals surface area contributed by atoms with Crippen LogP contribution in [0.25, 0.3) is 0 Å². The Morgan fingerprint density at radius 1 is 1.33 bits per heavy atom. The summed E-state index contributed by atoms with van der Waals surface area (Å²) in [6, 6.07) is 6.75. The van der Waals surface area contributed by atoms with Gasteiger partial charge in [-0.3, -0.25) is 0 Å². The van der Waals surface area contributed by atoms with Gasteiger partial charge in [-0.1, -0.05) is 18.6 Å². The van der Waals surface area contributed by atoms with Gasteiger partial charge in [0.15, 0.2) is 0 Å². The maximum absolute atomic E-state index is 12.8. The van der Waals surface area contributed by atoms with Gasteiger partial charge in [0.05, 0.1) is 6.10 Å². The molecule has 1 saturated heterocycles. The van der Waals surface area contributed by atoms with Crippen LogP contribution in [0.1, 0.15) is 44.3 Å². The van der Waals surface area contributed by atoms with Crippen molar-refractivity contribution in [2.75, 3.05) is 26.2 Å². The van der Waals surface area contributed by atoms with Crippen molar-refractivity contribution in [3.05, 3.63) is 35.6 Å². The van der Waals surface area contributed by atoms with E-state index in [1.807, 2.05) is 0 Å². The molecule has 2 N–H and O–H groups in total. The van der Waals surface area contributed by atoms with Crippen LogP contribution in [-0.2, 0) is 0 Å². The molecular weight excluding hydrogens is 267 g/mol. The molecule has 21 heavy (non-hydrogen) atoms. The van der Waals surface area contributed by atoms with Crippen molar-refractivity contribution < 1.29 is 9.50 Å². The maximum atomic E-state index is 12.8. The number of halogens is 1. The Bertz CT molecular complexity index is 410. The Kier molecular flexibility index (Phi) is 6.61. The number of rotatable bonds is 7. The standard InChI is InChI=1S/C17H27FN2O/c1-14-5-2-3-11-20(14)12-4-10-19-13-17(21)15-6-8-16(18)9-7-15/h6-9,14,17,19,21H,2-5,10-13H2,1H3. The molecule has 1 aliphatic heterocycles. The summed E-state index contributed by atoms with van der Waals surface area (Å²) in [5, 5.41) is 13.3. The van der Waals surface area contributed by atoms with Crippen LogP contribution in [-0.4, -0.2) is 42.2 Å². The van der Waals surface area contributed by atoms with Crippen LogP contribution in [0.15, 0.2) is 24.3 Å². The van der Waals surface area contributed by atoms with Gasteiger partial charge in [0, 0.05) is 12.6 Å². The zero-order valence-electron chi connectivity index (χ0n) is 12.9. The average Bonchev–Trinajstić information content (AvgIpc) is 2.49. The van der Waals surface area contributed by atoms with E-state index in [2.05, 4.69) is 17.1 Å². The molecule has 0 spiro atoms. The lowest BCUT2D eigenvalue weighted by molar-refractivity contribution is 0.154. The molecule has 4 heteroatoms. The molecule has 0 bridgehead atoms. The first kappa shape index (κ1) is 16.4. The van der Waals surface area contributed by atoms with Crippen LogP contribution in [0, 0.1) is 5.82 Å². The van der Waals surface area contributed by atoms with Gasteiger partial charge in [0.25, 0.3) is 0 Å². The molecule has 0 saturated carbocycles. The number of piperidine rings is 1. The van der Waals surface area contributed by atoms with Crippen LogP contribution in [0.3, 0.4) is 0 Å². The molecule has 1 fully saturated rings. The Morgan fingerprint density at radius 2 is 2.10 bits per heavy atom. The number of likely N-dealkylation sites (tertiary alicyclic amines) is 1. The Balaban J connectivity index is 1.60. The summed E-state index contributed by atoms with van der Waals surface area (Å²) in [6.45, 7) is 6.08. The smallest absolute Gasteiger partial charge is 0.123 e. The second-order valence-electron chi connectivity index (χ2n) is 6.01. The molecule has 1 aromatic carbocycles. The highest BCUT2D eigenvalue weighted by molar-refractivity contribution is 5.18. The van der Waals surface area contributed by atoms with Gasteiger partial charge in [0.1, 0.15) is 5.82 Å². The molecule has 0 aliphatic carbocycles. The molecule has 1 heterocycles. The lowest BCUT2D eigenvalue weighted by Gasteiger charge is -2.33. The minimum atomic E-state index is -0.570. The third kappa shape index (κ3) is 5.38. The number of benzene rings is 1. The maximum Gasteiger partial charge on any atom is 0.123 e. The normalized spacial score (nSPS) is 21.4. The van der Waals surface area contributed by atoms with E-state index in [-0.39, 0.29) is 5.82 Å². The Morgan fingerprint density at radius 3 is 2.81 bits per heavy atom. The van der Waals surface area contributed by atoms with E-state index in [4.69, 9.17) is 0 Å². The van der Waals surface area contributed by atoms with E-state index in [1.165, 1.54) is 37.9 Å².